The molecule has 1 atom stereocenters. The van der Waals surface area contributed by atoms with E-state index >= 15 is 0 Å². The minimum atomic E-state index is -1.15. The highest BCUT2D eigenvalue weighted by Gasteiger charge is 2.29. The van der Waals surface area contributed by atoms with E-state index in [0.29, 0.717) is 30.7 Å². The molecule has 1 aliphatic carbocycles. The average molecular weight is 545 g/mol. The van der Waals surface area contributed by atoms with Crippen LogP contribution in [0.2, 0.25) is 0 Å². The van der Waals surface area contributed by atoms with Crippen LogP contribution in [0, 0.1) is 0 Å². The van der Waals surface area contributed by atoms with Gasteiger partial charge in [-0.15, -0.1) is 0 Å². The monoisotopic (exact) mass is 544 g/mol. The first kappa shape index (κ1) is 28.4. The molecule has 0 spiro atoms. The van der Waals surface area contributed by atoms with Gasteiger partial charge in [-0.1, -0.05) is 48.5 Å². The number of carbonyl (C=O) groups is 4. The number of ether oxygens (including phenoxy) is 2. The Morgan fingerprint density at radius 3 is 2.10 bits per heavy atom. The van der Waals surface area contributed by atoms with E-state index in [9.17, 15) is 24.3 Å². The summed E-state index contributed by atoms with van der Waals surface area (Å²) in [7, 11) is 0. The van der Waals surface area contributed by atoms with Crippen molar-refractivity contribution >= 4 is 23.8 Å². The second kappa shape index (κ2) is 13.4. The van der Waals surface area contributed by atoms with Crippen LogP contribution in [0.3, 0.4) is 0 Å². The lowest BCUT2D eigenvalue weighted by Gasteiger charge is -2.17. The van der Waals surface area contributed by atoms with Crippen LogP contribution >= 0.6 is 0 Å². The first-order valence-electron chi connectivity index (χ1n) is 13.2. The van der Waals surface area contributed by atoms with Crippen LogP contribution in [0.1, 0.15) is 53.6 Å². The highest BCUT2D eigenvalue weighted by Crippen LogP contribution is 2.44. The number of hydrogen-bond acceptors (Lipinski definition) is 6. The summed E-state index contributed by atoms with van der Waals surface area (Å²) >= 11 is 0. The molecule has 0 heterocycles. The van der Waals surface area contributed by atoms with Crippen LogP contribution in [0.25, 0.3) is 11.1 Å². The van der Waals surface area contributed by atoms with Crippen LogP contribution in [0.15, 0.2) is 72.8 Å². The van der Waals surface area contributed by atoms with Gasteiger partial charge in [0.2, 0.25) is 0 Å². The maximum atomic E-state index is 12.5. The summed E-state index contributed by atoms with van der Waals surface area (Å²) in [6, 6.07) is 21.4. The summed E-state index contributed by atoms with van der Waals surface area (Å²) in [5.41, 5.74) is 4.92. The Morgan fingerprint density at radius 1 is 0.875 bits per heavy atom. The van der Waals surface area contributed by atoms with Crippen molar-refractivity contribution in [1.82, 2.24) is 10.6 Å². The zero-order valence-corrected chi connectivity index (χ0v) is 22.2. The van der Waals surface area contributed by atoms with E-state index in [1.807, 2.05) is 48.5 Å². The number of aliphatic carboxylic acids is 1. The molecular formula is C31H32N2O7. The number of carbonyl (C=O) groups excluding carboxylic acids is 3. The number of Topliss-reactive ketones (excluding diaryl/α,β-unsaturated/α-hetero) is 1. The molecule has 0 fully saturated rings. The zero-order valence-electron chi connectivity index (χ0n) is 22.2. The SMILES string of the molecule is CC(=O)c1ccc(OCC(=O)NCCCC[C@H](NC(=O)OCC2c3ccccc3-c3ccccc32)C(=O)O)cc1. The quantitative estimate of drug-likeness (QED) is 0.213. The predicted molar refractivity (Wildman–Crippen MR) is 148 cm³/mol. The number of benzene rings is 3. The van der Waals surface area contributed by atoms with E-state index in [-0.39, 0.29) is 37.2 Å². The molecular weight excluding hydrogens is 512 g/mol. The lowest BCUT2D eigenvalue weighted by Crippen LogP contribution is -2.41. The number of fused-ring (bicyclic) bond motifs is 3. The molecule has 40 heavy (non-hydrogen) atoms. The fraction of sp³-hybridized carbons (Fsp3) is 0.290. The van der Waals surface area contributed by atoms with Crippen molar-refractivity contribution in [3.8, 4) is 16.9 Å². The van der Waals surface area contributed by atoms with Crippen LogP contribution in [-0.2, 0) is 14.3 Å². The van der Waals surface area contributed by atoms with Crippen LogP contribution in [0.5, 0.6) is 5.75 Å². The number of rotatable bonds is 13. The normalized spacial score (nSPS) is 12.5. The van der Waals surface area contributed by atoms with Crippen LogP contribution in [0.4, 0.5) is 4.79 Å². The second-order valence-corrected chi connectivity index (χ2v) is 9.58. The molecule has 208 valence electrons. The van der Waals surface area contributed by atoms with Gasteiger partial charge in [-0.2, -0.15) is 0 Å². The van der Waals surface area contributed by atoms with Crippen LogP contribution in [-0.4, -0.2) is 54.7 Å². The van der Waals surface area contributed by atoms with E-state index in [2.05, 4.69) is 10.6 Å². The number of hydrogen-bond donors (Lipinski definition) is 3. The van der Waals surface area contributed by atoms with Crippen molar-refractivity contribution in [1.29, 1.82) is 0 Å². The number of alkyl carbamates (subject to hydrolysis) is 1. The van der Waals surface area contributed by atoms with Gasteiger partial charge in [-0.25, -0.2) is 9.59 Å². The number of carboxylic acids is 1. The number of unbranched alkanes of at least 4 members (excludes halogenated alkanes) is 1. The number of carboxylic acid groups (broad SMARTS) is 1. The summed E-state index contributed by atoms with van der Waals surface area (Å²) in [5, 5.41) is 14.7. The summed E-state index contributed by atoms with van der Waals surface area (Å²) in [4.78, 5) is 47.5. The van der Waals surface area contributed by atoms with E-state index < -0.39 is 18.1 Å². The molecule has 0 unspecified atom stereocenters. The third-order valence-electron chi connectivity index (χ3n) is 6.81. The van der Waals surface area contributed by atoms with Gasteiger partial charge in [0.05, 0.1) is 0 Å². The smallest absolute Gasteiger partial charge is 0.407 e. The molecule has 0 aliphatic heterocycles. The molecule has 3 aromatic carbocycles. The van der Waals surface area contributed by atoms with Crippen molar-refractivity contribution in [2.75, 3.05) is 19.8 Å². The van der Waals surface area contributed by atoms with Gasteiger partial charge in [-0.05, 0) is 72.7 Å². The van der Waals surface area contributed by atoms with Crippen molar-refractivity contribution in [3.05, 3.63) is 89.5 Å². The molecule has 0 bridgehead atoms. The summed E-state index contributed by atoms with van der Waals surface area (Å²) in [5.74, 6) is -1.16. The molecule has 0 saturated heterocycles. The number of ketones is 1. The van der Waals surface area contributed by atoms with Crippen molar-refractivity contribution in [2.45, 2.75) is 38.1 Å². The Bertz CT molecular complexity index is 1320. The first-order chi connectivity index (χ1) is 19.3. The minimum Gasteiger partial charge on any atom is -0.484 e. The van der Waals surface area contributed by atoms with E-state index in [4.69, 9.17) is 9.47 Å². The van der Waals surface area contributed by atoms with Crippen molar-refractivity contribution < 1.29 is 33.8 Å². The summed E-state index contributed by atoms with van der Waals surface area (Å²) in [6.07, 6.45) is 0.397. The lowest BCUT2D eigenvalue weighted by atomic mass is 9.98. The molecule has 2 amide bonds. The maximum Gasteiger partial charge on any atom is 0.407 e. The Labute approximate surface area is 232 Å². The number of nitrogens with one attached hydrogen (secondary N) is 2. The van der Waals surface area contributed by atoms with E-state index in [1.165, 1.54) is 6.92 Å². The fourth-order valence-corrected chi connectivity index (χ4v) is 4.73. The molecule has 9 heteroatoms. The molecule has 9 nitrogen and oxygen atoms in total. The topological polar surface area (TPSA) is 131 Å². The van der Waals surface area contributed by atoms with Crippen molar-refractivity contribution in [2.24, 2.45) is 0 Å². The summed E-state index contributed by atoms with van der Waals surface area (Å²) in [6.45, 7) is 1.73. The fourth-order valence-electron chi connectivity index (χ4n) is 4.73. The van der Waals surface area contributed by atoms with Crippen LogP contribution < -0.4 is 15.4 Å². The van der Waals surface area contributed by atoms with Gasteiger partial charge < -0.3 is 25.2 Å². The third kappa shape index (κ3) is 7.25. The molecule has 0 radical (unpaired) electrons. The average Bonchev–Trinajstić information content (AvgIpc) is 3.28. The van der Waals surface area contributed by atoms with Gasteiger partial charge in [0.25, 0.3) is 5.91 Å². The number of amides is 2. The Morgan fingerprint density at radius 2 is 1.50 bits per heavy atom. The van der Waals surface area contributed by atoms with Gasteiger partial charge in [0.1, 0.15) is 18.4 Å². The first-order valence-corrected chi connectivity index (χ1v) is 13.2. The Kier molecular flexibility index (Phi) is 9.51. The standard InChI is InChI=1S/C31H32N2O7/c1-20(34)21-13-15-22(16-14-21)39-19-29(35)32-17-7-6-12-28(30(36)37)33-31(38)40-18-27-25-10-4-2-8-23(25)24-9-3-5-11-26(24)27/h2-5,8-11,13-16,27-28H,6-7,12,17-19H2,1H3,(H,32,35)(H,33,38)(H,36,37)/t28-/m0/s1. The van der Waals surface area contributed by atoms with Gasteiger partial charge in [0, 0.05) is 18.0 Å². The Balaban J connectivity index is 1.16. The molecule has 3 aromatic rings. The zero-order chi connectivity index (χ0) is 28.5. The molecule has 0 saturated carbocycles. The Hall–Kier alpha value is -4.66. The second-order valence-electron chi connectivity index (χ2n) is 9.58. The highest BCUT2D eigenvalue weighted by atomic mass is 16.5. The van der Waals surface area contributed by atoms with Gasteiger partial charge in [-0.3, -0.25) is 9.59 Å². The molecule has 0 aromatic heterocycles. The van der Waals surface area contributed by atoms with Crippen molar-refractivity contribution in [3.63, 3.8) is 0 Å². The van der Waals surface area contributed by atoms with Gasteiger partial charge >= 0.3 is 12.1 Å². The van der Waals surface area contributed by atoms with Gasteiger partial charge in [0.15, 0.2) is 12.4 Å². The molecule has 4 rings (SSSR count). The minimum absolute atomic E-state index is 0.0529. The lowest BCUT2D eigenvalue weighted by molar-refractivity contribution is -0.139. The summed E-state index contributed by atoms with van der Waals surface area (Å²) < 4.78 is 10.9. The largest absolute Gasteiger partial charge is 0.484 e. The van der Waals surface area contributed by atoms with E-state index in [0.717, 1.165) is 22.3 Å². The van der Waals surface area contributed by atoms with E-state index in [1.54, 1.807) is 24.3 Å². The molecule has 1 aliphatic rings. The maximum absolute atomic E-state index is 12.5. The highest BCUT2D eigenvalue weighted by molar-refractivity contribution is 5.94. The third-order valence-corrected chi connectivity index (χ3v) is 6.81. The molecule has 3 N–H and O–H groups in total. The predicted octanol–water partition coefficient (Wildman–Crippen LogP) is 4.55.